The highest BCUT2D eigenvalue weighted by Crippen LogP contribution is 2.34. The number of ketones is 1. The molecule has 1 N–H and O–H groups in total. The summed E-state index contributed by atoms with van der Waals surface area (Å²) in [7, 11) is 0. The summed E-state index contributed by atoms with van der Waals surface area (Å²) in [6.07, 6.45) is 6.73. The number of rotatable bonds is 7. The molecular formula is C25H25Cl2IN2O2. The average molecular weight is 583 g/mol. The first-order chi connectivity index (χ1) is 15.5. The summed E-state index contributed by atoms with van der Waals surface area (Å²) in [5, 5.41) is 11.3. The fourth-order valence-corrected chi connectivity index (χ4v) is 5.35. The van der Waals surface area contributed by atoms with Gasteiger partial charge in [-0.15, -0.1) is 0 Å². The molecule has 0 aliphatic heterocycles. The van der Waals surface area contributed by atoms with Crippen molar-refractivity contribution in [3.63, 3.8) is 0 Å². The maximum absolute atomic E-state index is 12.9. The Morgan fingerprint density at radius 2 is 1.81 bits per heavy atom. The molecular weight excluding hydrogens is 558 g/mol. The van der Waals surface area contributed by atoms with Crippen LogP contribution >= 0.6 is 45.8 Å². The first-order valence-corrected chi connectivity index (χ1v) is 12.7. The van der Waals surface area contributed by atoms with Gasteiger partial charge in [0.2, 0.25) is 0 Å². The molecule has 7 heteroatoms. The van der Waals surface area contributed by atoms with E-state index in [1.807, 2.05) is 34.9 Å². The monoisotopic (exact) mass is 582 g/mol. The van der Waals surface area contributed by atoms with Crippen LogP contribution in [0.1, 0.15) is 49.9 Å². The minimum atomic E-state index is -0.226. The van der Waals surface area contributed by atoms with Crippen LogP contribution in [0.25, 0.3) is 17.1 Å². The fourth-order valence-electron chi connectivity index (χ4n) is 4.49. The van der Waals surface area contributed by atoms with Gasteiger partial charge in [0.15, 0.2) is 0 Å². The van der Waals surface area contributed by atoms with E-state index in [1.165, 1.54) is 19.3 Å². The third kappa shape index (κ3) is 5.38. The largest absolute Gasteiger partial charge is 0.390 e. The molecule has 168 valence electrons. The molecule has 32 heavy (non-hydrogen) atoms. The van der Waals surface area contributed by atoms with E-state index in [0.29, 0.717) is 45.2 Å². The normalized spacial score (nSPS) is 14.6. The minimum Gasteiger partial charge on any atom is -0.390 e. The number of carbonyl (C=O) groups excluding carboxylic acids is 1. The maximum atomic E-state index is 12.9. The molecule has 0 saturated heterocycles. The van der Waals surface area contributed by atoms with Gasteiger partial charge in [0.05, 0.1) is 29.4 Å². The van der Waals surface area contributed by atoms with E-state index in [4.69, 9.17) is 28.2 Å². The number of nitrogens with zero attached hydrogens (tertiary/aromatic N) is 2. The molecule has 4 nitrogen and oxygen atoms in total. The number of hydrogen-bond donors (Lipinski definition) is 1. The number of aliphatic hydroxyl groups is 1. The molecule has 1 aliphatic rings. The summed E-state index contributed by atoms with van der Waals surface area (Å²) < 4.78 is 3.00. The number of aromatic nitrogens is 2. The van der Waals surface area contributed by atoms with E-state index < -0.39 is 0 Å². The molecule has 3 aromatic rings. The Kier molecular flexibility index (Phi) is 7.92. The number of carbonyl (C=O) groups is 1. The molecule has 0 unspecified atom stereocenters. The first-order valence-electron chi connectivity index (χ1n) is 10.9. The number of imidazole rings is 1. The molecule has 1 heterocycles. The van der Waals surface area contributed by atoms with E-state index in [1.54, 1.807) is 12.1 Å². The number of benzene rings is 2. The lowest BCUT2D eigenvalue weighted by atomic mass is 9.85. The highest BCUT2D eigenvalue weighted by atomic mass is 127. The smallest absolute Gasteiger partial charge is 0.146 e. The zero-order valence-corrected chi connectivity index (χ0v) is 21.3. The molecule has 0 bridgehead atoms. The maximum Gasteiger partial charge on any atom is 0.146 e. The van der Waals surface area contributed by atoms with Crippen molar-refractivity contribution < 1.29 is 9.90 Å². The second-order valence-electron chi connectivity index (χ2n) is 8.35. The highest BCUT2D eigenvalue weighted by Gasteiger charge is 2.24. The van der Waals surface area contributed by atoms with Gasteiger partial charge in [-0.3, -0.25) is 9.36 Å². The summed E-state index contributed by atoms with van der Waals surface area (Å²) in [5.41, 5.74) is 2.78. The Hall–Kier alpha value is -1.41. The van der Waals surface area contributed by atoms with Crippen LogP contribution in [0.3, 0.4) is 0 Å². The van der Waals surface area contributed by atoms with Crippen molar-refractivity contribution in [2.24, 2.45) is 5.92 Å². The third-order valence-electron chi connectivity index (χ3n) is 6.07. The van der Waals surface area contributed by atoms with Crippen molar-refractivity contribution >= 4 is 51.6 Å². The Morgan fingerprint density at radius 1 is 1.09 bits per heavy atom. The van der Waals surface area contributed by atoms with Crippen LogP contribution in [0, 0.1) is 9.49 Å². The van der Waals surface area contributed by atoms with E-state index in [9.17, 15) is 9.90 Å². The van der Waals surface area contributed by atoms with Gasteiger partial charge in [0.1, 0.15) is 11.6 Å². The molecule has 1 saturated carbocycles. The molecule has 4 rings (SSSR count). The van der Waals surface area contributed by atoms with E-state index >= 15 is 0 Å². The van der Waals surface area contributed by atoms with Crippen LogP contribution in [0.2, 0.25) is 10.0 Å². The highest BCUT2D eigenvalue weighted by molar-refractivity contribution is 14.1. The minimum absolute atomic E-state index is 0.174. The van der Waals surface area contributed by atoms with Gasteiger partial charge in [-0.1, -0.05) is 55.3 Å². The Bertz CT molecular complexity index is 1110. The third-order valence-corrected chi connectivity index (χ3v) is 7.33. The summed E-state index contributed by atoms with van der Waals surface area (Å²) >= 11 is 14.9. The number of hydrogen-bond acceptors (Lipinski definition) is 3. The molecule has 0 atom stereocenters. The van der Waals surface area contributed by atoms with Gasteiger partial charge >= 0.3 is 0 Å². The molecule has 0 spiro atoms. The molecule has 0 amide bonds. The summed E-state index contributed by atoms with van der Waals surface area (Å²) in [6.45, 7) is -0.226. The molecule has 1 aromatic heterocycles. The van der Waals surface area contributed by atoms with Crippen molar-refractivity contribution in [1.82, 2.24) is 9.55 Å². The van der Waals surface area contributed by atoms with E-state index in [-0.39, 0.29) is 18.8 Å². The molecule has 1 fully saturated rings. The topological polar surface area (TPSA) is 55.1 Å². The second kappa shape index (κ2) is 10.7. The van der Waals surface area contributed by atoms with Crippen molar-refractivity contribution in [2.75, 3.05) is 0 Å². The fraction of sp³-hybridized carbons (Fsp3) is 0.360. The zero-order valence-electron chi connectivity index (χ0n) is 17.7. The predicted octanol–water partition coefficient (Wildman–Crippen LogP) is 7.03. The van der Waals surface area contributed by atoms with E-state index in [2.05, 4.69) is 22.6 Å². The van der Waals surface area contributed by atoms with Gasteiger partial charge in [-0.25, -0.2) is 4.98 Å². The van der Waals surface area contributed by atoms with Crippen LogP contribution in [0.15, 0.2) is 42.5 Å². The second-order valence-corrected chi connectivity index (χ2v) is 10.4. The van der Waals surface area contributed by atoms with Crippen molar-refractivity contribution in [1.29, 1.82) is 0 Å². The van der Waals surface area contributed by atoms with Crippen molar-refractivity contribution in [2.45, 2.75) is 51.6 Å². The van der Waals surface area contributed by atoms with Crippen LogP contribution in [0.4, 0.5) is 0 Å². The van der Waals surface area contributed by atoms with Crippen molar-refractivity contribution in [3.05, 3.63) is 67.5 Å². The van der Waals surface area contributed by atoms with Gasteiger partial charge < -0.3 is 5.11 Å². The van der Waals surface area contributed by atoms with Crippen molar-refractivity contribution in [3.8, 4) is 17.1 Å². The molecule has 1 aliphatic carbocycles. The molecule has 0 radical (unpaired) electrons. The van der Waals surface area contributed by atoms with Crippen LogP contribution in [-0.2, 0) is 17.8 Å². The van der Waals surface area contributed by atoms with Crippen LogP contribution < -0.4 is 0 Å². The summed E-state index contributed by atoms with van der Waals surface area (Å²) in [5.74, 6) is 1.24. The lowest BCUT2D eigenvalue weighted by molar-refractivity contribution is -0.119. The SMILES string of the molecule is O=C(Cc1nc(-c2ccc(Cl)cc2Cl)n(-c2ccc(I)cc2)c1CO)CC1CCCCC1. The summed E-state index contributed by atoms with van der Waals surface area (Å²) in [4.78, 5) is 17.7. The first kappa shape index (κ1) is 23.7. The lowest BCUT2D eigenvalue weighted by Gasteiger charge is -2.20. The average Bonchev–Trinajstić information content (AvgIpc) is 3.12. The Balaban J connectivity index is 1.75. The number of Topliss-reactive ketones (excluding diaryl/α,β-unsaturated/α-hetero) is 1. The number of aliphatic hydroxyl groups excluding tert-OH is 1. The summed E-state index contributed by atoms with van der Waals surface area (Å²) in [6, 6.07) is 13.2. The van der Waals surface area contributed by atoms with Gasteiger partial charge in [0, 0.05) is 26.3 Å². The Morgan fingerprint density at radius 3 is 2.47 bits per heavy atom. The molecule has 2 aromatic carbocycles. The lowest BCUT2D eigenvalue weighted by Crippen LogP contribution is -2.14. The zero-order chi connectivity index (χ0) is 22.7. The predicted molar refractivity (Wildman–Crippen MR) is 138 cm³/mol. The van der Waals surface area contributed by atoms with Crippen LogP contribution in [0.5, 0.6) is 0 Å². The quantitative estimate of drug-likeness (QED) is 0.304. The Labute approximate surface area is 212 Å². The van der Waals surface area contributed by atoms with Gasteiger partial charge in [-0.2, -0.15) is 0 Å². The van der Waals surface area contributed by atoms with Crippen LogP contribution in [-0.4, -0.2) is 20.4 Å². The van der Waals surface area contributed by atoms with E-state index in [0.717, 1.165) is 22.1 Å². The standard InChI is InChI=1S/C25H25Cl2IN2O2/c26-17-6-11-21(22(27)13-17)25-29-23(14-20(32)12-16-4-2-1-3-5-16)24(15-31)30(25)19-9-7-18(28)8-10-19/h6-11,13,16,31H,1-5,12,14-15H2. The number of halogens is 3. The van der Waals surface area contributed by atoms with Gasteiger partial charge in [-0.05, 0) is 71.0 Å². The van der Waals surface area contributed by atoms with Gasteiger partial charge in [0.25, 0.3) is 0 Å².